The van der Waals surface area contributed by atoms with Crippen LogP contribution >= 0.6 is 23.1 Å². The van der Waals surface area contributed by atoms with E-state index in [4.69, 9.17) is 4.74 Å². The molecule has 1 aliphatic rings. The topological polar surface area (TPSA) is 86.0 Å². The molecule has 0 radical (unpaired) electrons. The molecule has 3 aromatic heterocycles. The van der Waals surface area contributed by atoms with Crippen LogP contribution in [0.15, 0.2) is 59.3 Å². The van der Waals surface area contributed by atoms with Gasteiger partial charge in [-0.05, 0) is 31.2 Å². The number of aromatic nitrogens is 5. The molecule has 168 valence electrons. The van der Waals surface area contributed by atoms with E-state index in [-0.39, 0.29) is 5.91 Å². The van der Waals surface area contributed by atoms with Crippen LogP contribution in [0.1, 0.15) is 21.1 Å². The van der Waals surface area contributed by atoms with Crippen LogP contribution in [0.4, 0.5) is 0 Å². The van der Waals surface area contributed by atoms with Crippen molar-refractivity contribution in [3.63, 3.8) is 0 Å². The predicted molar refractivity (Wildman–Crippen MR) is 128 cm³/mol. The zero-order valence-corrected chi connectivity index (χ0v) is 19.7. The van der Waals surface area contributed by atoms with Crippen LogP contribution < -0.4 is 0 Å². The molecule has 4 heterocycles. The fraction of sp³-hybridized carbons (Fsp3) is 0.261. The summed E-state index contributed by atoms with van der Waals surface area (Å²) in [6, 6.07) is 12.1. The zero-order valence-electron chi connectivity index (χ0n) is 18.0. The summed E-state index contributed by atoms with van der Waals surface area (Å²) >= 11 is 3.04. The first-order valence-corrected chi connectivity index (χ1v) is 12.4. The molecule has 8 nitrogen and oxygen atoms in total. The lowest BCUT2D eigenvalue weighted by Crippen LogP contribution is -2.40. The van der Waals surface area contributed by atoms with Gasteiger partial charge in [0.1, 0.15) is 10.7 Å². The minimum Gasteiger partial charge on any atom is -0.378 e. The van der Waals surface area contributed by atoms with Crippen molar-refractivity contribution in [2.75, 3.05) is 26.3 Å². The van der Waals surface area contributed by atoms with Crippen molar-refractivity contribution < 1.29 is 9.53 Å². The Morgan fingerprint density at radius 3 is 2.73 bits per heavy atom. The van der Waals surface area contributed by atoms with Crippen LogP contribution in [0, 0.1) is 6.92 Å². The molecule has 10 heteroatoms. The van der Waals surface area contributed by atoms with E-state index in [1.165, 1.54) is 16.9 Å². The molecular formula is C23H22N6O2S2. The molecular weight excluding hydrogens is 456 g/mol. The largest absolute Gasteiger partial charge is 0.378 e. The van der Waals surface area contributed by atoms with Gasteiger partial charge in [0.25, 0.3) is 5.91 Å². The number of ether oxygens (including phenoxy) is 1. The second kappa shape index (κ2) is 9.82. The van der Waals surface area contributed by atoms with E-state index in [0.29, 0.717) is 37.8 Å². The molecule has 0 aliphatic carbocycles. The first-order chi connectivity index (χ1) is 16.2. The summed E-state index contributed by atoms with van der Waals surface area (Å²) in [6.45, 7) is 4.43. The number of carbonyl (C=O) groups excluding carboxylic acids is 1. The van der Waals surface area contributed by atoms with Gasteiger partial charge in [0.05, 0.1) is 19.0 Å². The van der Waals surface area contributed by atoms with Gasteiger partial charge in [0.2, 0.25) is 0 Å². The van der Waals surface area contributed by atoms with Crippen LogP contribution in [-0.2, 0) is 10.5 Å². The second-order valence-electron chi connectivity index (χ2n) is 7.54. The van der Waals surface area contributed by atoms with Crippen molar-refractivity contribution in [1.29, 1.82) is 0 Å². The number of carbonyl (C=O) groups is 1. The maximum atomic E-state index is 12.7. The van der Waals surface area contributed by atoms with Gasteiger partial charge in [0, 0.05) is 42.1 Å². The number of hydrogen-bond acceptors (Lipinski definition) is 8. The van der Waals surface area contributed by atoms with Crippen molar-refractivity contribution in [3.8, 4) is 17.1 Å². The molecule has 0 spiro atoms. The molecule has 1 saturated heterocycles. The van der Waals surface area contributed by atoms with E-state index in [2.05, 4.69) is 51.4 Å². The minimum absolute atomic E-state index is 0.0347. The Balaban J connectivity index is 1.38. The van der Waals surface area contributed by atoms with Crippen molar-refractivity contribution in [3.05, 3.63) is 70.4 Å². The summed E-state index contributed by atoms with van der Waals surface area (Å²) in [4.78, 5) is 23.3. The average Bonchev–Trinajstić information content (AvgIpc) is 3.51. The van der Waals surface area contributed by atoms with Gasteiger partial charge in [-0.25, -0.2) is 4.98 Å². The molecule has 4 aromatic rings. The Hall–Kier alpha value is -3.08. The molecule has 1 fully saturated rings. The van der Waals surface area contributed by atoms with Gasteiger partial charge in [-0.3, -0.25) is 14.3 Å². The summed E-state index contributed by atoms with van der Waals surface area (Å²) in [7, 11) is 0. The maximum Gasteiger partial charge on any atom is 0.273 e. The summed E-state index contributed by atoms with van der Waals surface area (Å²) in [5.41, 5.74) is 3.55. The third-order valence-corrected chi connectivity index (χ3v) is 7.21. The van der Waals surface area contributed by atoms with Gasteiger partial charge in [-0.1, -0.05) is 29.5 Å². The number of rotatable bonds is 6. The highest BCUT2D eigenvalue weighted by Crippen LogP contribution is 2.30. The SMILES string of the molecule is Cc1ccc(-n2c(SCc3nc(C(=O)N4CCOCC4)cs3)nnc2-c2cccnc2)cc1. The highest BCUT2D eigenvalue weighted by Gasteiger charge is 2.22. The Kier molecular flexibility index (Phi) is 6.47. The Morgan fingerprint density at radius 1 is 1.15 bits per heavy atom. The van der Waals surface area contributed by atoms with Crippen molar-refractivity contribution in [2.45, 2.75) is 17.8 Å². The summed E-state index contributed by atoms with van der Waals surface area (Å²) < 4.78 is 7.37. The van der Waals surface area contributed by atoms with E-state index in [1.54, 1.807) is 29.1 Å². The number of aryl methyl sites for hydroxylation is 1. The van der Waals surface area contributed by atoms with Crippen LogP contribution in [-0.4, -0.2) is 61.8 Å². The monoisotopic (exact) mass is 478 g/mol. The van der Waals surface area contributed by atoms with Crippen LogP contribution in [0.25, 0.3) is 17.1 Å². The van der Waals surface area contributed by atoms with Crippen LogP contribution in [0.5, 0.6) is 0 Å². The molecule has 33 heavy (non-hydrogen) atoms. The Labute approximate surface area is 199 Å². The summed E-state index contributed by atoms with van der Waals surface area (Å²) in [5.74, 6) is 1.29. The molecule has 0 unspecified atom stereocenters. The van der Waals surface area contributed by atoms with Crippen LogP contribution in [0.2, 0.25) is 0 Å². The minimum atomic E-state index is -0.0347. The lowest BCUT2D eigenvalue weighted by molar-refractivity contribution is 0.0299. The molecule has 0 atom stereocenters. The first kappa shape index (κ1) is 21.7. The maximum absolute atomic E-state index is 12.7. The Bertz CT molecular complexity index is 1230. The van der Waals surface area contributed by atoms with Crippen molar-refractivity contribution in [2.24, 2.45) is 0 Å². The fourth-order valence-electron chi connectivity index (χ4n) is 3.50. The van der Waals surface area contributed by atoms with Gasteiger partial charge < -0.3 is 9.64 Å². The van der Waals surface area contributed by atoms with E-state index in [0.717, 1.165) is 27.2 Å². The average molecular weight is 479 g/mol. The van der Waals surface area contributed by atoms with Gasteiger partial charge in [-0.15, -0.1) is 21.5 Å². The number of morpholine rings is 1. The fourth-order valence-corrected chi connectivity index (χ4v) is 5.24. The van der Waals surface area contributed by atoms with Gasteiger partial charge >= 0.3 is 0 Å². The number of amides is 1. The van der Waals surface area contributed by atoms with Crippen molar-refractivity contribution >= 4 is 29.0 Å². The van der Waals surface area contributed by atoms with Crippen molar-refractivity contribution in [1.82, 2.24) is 29.6 Å². The van der Waals surface area contributed by atoms with E-state index < -0.39 is 0 Å². The molecule has 0 N–H and O–H groups in total. The summed E-state index contributed by atoms with van der Waals surface area (Å²) in [5, 5.41) is 12.4. The lowest BCUT2D eigenvalue weighted by Gasteiger charge is -2.25. The molecule has 1 aromatic carbocycles. The van der Waals surface area contributed by atoms with Crippen LogP contribution in [0.3, 0.4) is 0 Å². The number of benzene rings is 1. The first-order valence-electron chi connectivity index (χ1n) is 10.6. The quantitative estimate of drug-likeness (QED) is 0.389. The molecule has 5 rings (SSSR count). The highest BCUT2D eigenvalue weighted by molar-refractivity contribution is 7.98. The zero-order chi connectivity index (χ0) is 22.6. The standard InChI is InChI=1S/C23H22N6O2S2/c1-16-4-6-18(7-5-16)29-21(17-3-2-8-24-13-17)26-27-23(29)33-15-20-25-19(14-32-20)22(30)28-9-11-31-12-10-28/h2-8,13-14H,9-12,15H2,1H3. The number of thiazole rings is 1. The van der Waals surface area contributed by atoms with E-state index in [9.17, 15) is 4.79 Å². The van der Waals surface area contributed by atoms with Gasteiger partial charge in [0.15, 0.2) is 11.0 Å². The number of pyridine rings is 1. The normalized spacial score (nSPS) is 13.9. The molecule has 1 aliphatic heterocycles. The number of thioether (sulfide) groups is 1. The van der Waals surface area contributed by atoms with Gasteiger partial charge in [-0.2, -0.15) is 0 Å². The number of hydrogen-bond donors (Lipinski definition) is 0. The third-order valence-electron chi connectivity index (χ3n) is 5.24. The second-order valence-corrected chi connectivity index (χ2v) is 9.42. The molecule has 0 bridgehead atoms. The van der Waals surface area contributed by atoms with E-state index >= 15 is 0 Å². The third kappa shape index (κ3) is 4.82. The molecule has 1 amide bonds. The Morgan fingerprint density at radius 2 is 1.97 bits per heavy atom. The predicted octanol–water partition coefficient (Wildman–Crippen LogP) is 3.86. The lowest BCUT2D eigenvalue weighted by atomic mass is 10.2. The van der Waals surface area contributed by atoms with E-state index in [1.807, 2.05) is 22.1 Å². The smallest absolute Gasteiger partial charge is 0.273 e. The highest BCUT2D eigenvalue weighted by atomic mass is 32.2. The number of nitrogens with zero attached hydrogens (tertiary/aromatic N) is 6. The summed E-state index contributed by atoms with van der Waals surface area (Å²) in [6.07, 6.45) is 3.53. The molecule has 0 saturated carbocycles.